The molecule has 0 radical (unpaired) electrons. The van der Waals surface area contributed by atoms with Crippen molar-refractivity contribution in [3.63, 3.8) is 0 Å². The van der Waals surface area contributed by atoms with Crippen LogP contribution in [0.15, 0.2) is 18.2 Å². The minimum Gasteiger partial charge on any atom is -0.870 e. The van der Waals surface area contributed by atoms with Gasteiger partial charge < -0.3 is 29.8 Å². The van der Waals surface area contributed by atoms with Crippen molar-refractivity contribution in [1.29, 1.82) is 0 Å². The molecule has 0 saturated carbocycles. The molecule has 0 saturated heterocycles. The molecule has 1 aromatic rings. The number of hydrogen-bond donors (Lipinski definition) is 0. The molecule has 0 aromatic heterocycles. The van der Waals surface area contributed by atoms with Crippen LogP contribution in [0.1, 0.15) is 31.1 Å². The fourth-order valence-corrected chi connectivity index (χ4v) is 1.40. The quantitative estimate of drug-likeness (QED) is 0.718. The van der Waals surface area contributed by atoms with E-state index in [1.807, 2.05) is 0 Å². The number of rotatable bonds is 3. The number of ether oxygens (including phenoxy) is 3. The predicted octanol–water partition coefficient (Wildman–Crippen LogP) is -0.0200. The molecule has 22 heavy (non-hydrogen) atoms. The van der Waals surface area contributed by atoms with Crippen LogP contribution in [0.25, 0.3) is 5.32 Å². The van der Waals surface area contributed by atoms with Crippen LogP contribution in [0, 0.1) is 0 Å². The van der Waals surface area contributed by atoms with Gasteiger partial charge in [0.1, 0.15) is 17.1 Å². The Hall–Kier alpha value is -0.644. The SMILES string of the molecule is COc1ccc(C(=O)[N-]C(=O)OC(C)(C)C)c(OC)c1.[K+].[OH-]. The van der Waals surface area contributed by atoms with Gasteiger partial charge in [0, 0.05) is 11.6 Å². The van der Waals surface area contributed by atoms with Crippen LogP contribution < -0.4 is 60.9 Å². The Bertz CT molecular complexity index is 513. The summed E-state index contributed by atoms with van der Waals surface area (Å²) in [5, 5.41) is 3.38. The molecule has 0 aliphatic heterocycles. The van der Waals surface area contributed by atoms with Crippen molar-refractivity contribution in [1.82, 2.24) is 0 Å². The summed E-state index contributed by atoms with van der Waals surface area (Å²) >= 11 is 0. The summed E-state index contributed by atoms with van der Waals surface area (Å²) in [4.78, 5) is 23.4. The molecule has 0 fully saturated rings. The van der Waals surface area contributed by atoms with Crippen molar-refractivity contribution in [2.75, 3.05) is 14.2 Å². The van der Waals surface area contributed by atoms with E-state index in [9.17, 15) is 9.59 Å². The van der Waals surface area contributed by atoms with E-state index in [4.69, 9.17) is 14.2 Å². The third kappa shape index (κ3) is 7.57. The van der Waals surface area contributed by atoms with Gasteiger partial charge in [-0.3, -0.25) is 4.79 Å². The Morgan fingerprint density at radius 2 is 1.68 bits per heavy atom. The maximum Gasteiger partial charge on any atom is 1.00 e. The average molecular weight is 336 g/mol. The first-order chi connectivity index (χ1) is 9.26. The van der Waals surface area contributed by atoms with Crippen LogP contribution in [-0.2, 0) is 4.74 Å². The maximum atomic E-state index is 11.9. The molecule has 7 nitrogen and oxygen atoms in total. The number of nitrogens with zero attached hydrogens (tertiary/aromatic N) is 1. The zero-order valence-electron chi connectivity index (χ0n) is 13.7. The first-order valence-corrected chi connectivity index (χ1v) is 5.98. The Labute approximate surface area is 172 Å². The molecule has 0 heterocycles. The molecule has 0 unspecified atom stereocenters. The van der Waals surface area contributed by atoms with Crippen LogP contribution in [0.3, 0.4) is 0 Å². The van der Waals surface area contributed by atoms with E-state index in [1.54, 1.807) is 26.8 Å². The van der Waals surface area contributed by atoms with Crippen LogP contribution in [0.2, 0.25) is 0 Å². The maximum absolute atomic E-state index is 11.9. The average Bonchev–Trinajstić information content (AvgIpc) is 2.35. The van der Waals surface area contributed by atoms with Gasteiger partial charge in [-0.2, -0.15) is 0 Å². The number of methoxy groups -OCH3 is 2. The number of amides is 2. The van der Waals surface area contributed by atoms with Gasteiger partial charge in [0.25, 0.3) is 0 Å². The van der Waals surface area contributed by atoms with Crippen LogP contribution in [0.4, 0.5) is 4.79 Å². The van der Waals surface area contributed by atoms with Crippen LogP contribution in [0.5, 0.6) is 11.5 Å². The fourth-order valence-electron chi connectivity index (χ4n) is 1.40. The third-order valence-corrected chi connectivity index (χ3v) is 2.23. The summed E-state index contributed by atoms with van der Waals surface area (Å²) in [7, 11) is 2.92. The molecule has 0 spiro atoms. The zero-order valence-corrected chi connectivity index (χ0v) is 16.8. The molecule has 1 N–H and O–H groups in total. The molecule has 0 aliphatic rings. The molecule has 0 atom stereocenters. The Morgan fingerprint density at radius 3 is 2.14 bits per heavy atom. The Morgan fingerprint density at radius 1 is 1.09 bits per heavy atom. The van der Waals surface area contributed by atoms with Crippen molar-refractivity contribution in [2.24, 2.45) is 0 Å². The second-order valence-corrected chi connectivity index (χ2v) is 4.96. The van der Waals surface area contributed by atoms with E-state index < -0.39 is 17.6 Å². The predicted molar refractivity (Wildman–Crippen MR) is 75.4 cm³/mol. The smallest absolute Gasteiger partial charge is 0.870 e. The topological polar surface area (TPSA) is 106 Å². The molecular weight excluding hydrogens is 317 g/mol. The van der Waals surface area contributed by atoms with Gasteiger partial charge in [-0.05, 0) is 32.9 Å². The largest absolute Gasteiger partial charge is 1.00 e. The van der Waals surface area contributed by atoms with Gasteiger partial charge in [0.15, 0.2) is 0 Å². The summed E-state index contributed by atoms with van der Waals surface area (Å²) in [6.07, 6.45) is -0.930. The minimum atomic E-state index is -0.930. The number of hydrogen-bond acceptors (Lipinski definition) is 6. The minimum absolute atomic E-state index is 0. The van der Waals surface area contributed by atoms with E-state index in [0.29, 0.717) is 5.75 Å². The first-order valence-electron chi connectivity index (χ1n) is 5.98. The van der Waals surface area contributed by atoms with E-state index in [2.05, 4.69) is 5.32 Å². The van der Waals surface area contributed by atoms with E-state index in [0.717, 1.165) is 0 Å². The normalized spacial score (nSPS) is 9.68. The molecule has 118 valence electrons. The van der Waals surface area contributed by atoms with E-state index >= 15 is 0 Å². The summed E-state index contributed by atoms with van der Waals surface area (Å²) < 4.78 is 15.1. The summed E-state index contributed by atoms with van der Waals surface area (Å²) in [5.41, 5.74) is -0.538. The molecule has 1 rings (SSSR count). The Balaban J connectivity index is 0. The van der Waals surface area contributed by atoms with Crippen LogP contribution in [-0.4, -0.2) is 37.3 Å². The van der Waals surface area contributed by atoms with Gasteiger partial charge in [0.05, 0.1) is 20.1 Å². The monoisotopic (exact) mass is 336 g/mol. The van der Waals surface area contributed by atoms with Crippen molar-refractivity contribution in [3.05, 3.63) is 29.1 Å². The number of imide groups is 1. The van der Waals surface area contributed by atoms with E-state index in [-0.39, 0.29) is 68.2 Å². The van der Waals surface area contributed by atoms with Crippen molar-refractivity contribution in [2.45, 2.75) is 26.4 Å². The molecule has 0 aliphatic carbocycles. The van der Waals surface area contributed by atoms with Crippen molar-refractivity contribution < 1.29 is 80.7 Å². The van der Waals surface area contributed by atoms with Gasteiger partial charge in [-0.1, -0.05) is 0 Å². The zero-order chi connectivity index (χ0) is 15.3. The van der Waals surface area contributed by atoms with E-state index in [1.165, 1.54) is 26.4 Å². The standard InChI is InChI=1S/C14H19NO5.K.H2O/c1-14(2,3)20-13(17)15-12(16)10-7-6-9(18-4)8-11(10)19-5;;/h6-8H,1-5H3,(H,15,16,17);;1H2/q;+1;/p-2. The fraction of sp³-hybridized carbons (Fsp3) is 0.429. The second-order valence-electron chi connectivity index (χ2n) is 4.96. The van der Waals surface area contributed by atoms with Crippen molar-refractivity contribution >= 4 is 12.0 Å². The third-order valence-electron chi connectivity index (χ3n) is 2.23. The number of benzene rings is 1. The van der Waals surface area contributed by atoms with Gasteiger partial charge >= 0.3 is 51.4 Å². The van der Waals surface area contributed by atoms with Gasteiger partial charge in [-0.25, -0.2) is 0 Å². The summed E-state index contributed by atoms with van der Waals surface area (Å²) in [5.74, 6) is 0.0936. The summed E-state index contributed by atoms with van der Waals surface area (Å²) in [6.45, 7) is 5.08. The molecular formula is C14H19KNO6-. The Kier molecular flexibility index (Phi) is 10.9. The molecule has 0 bridgehead atoms. The van der Waals surface area contributed by atoms with Gasteiger partial charge in [0.2, 0.25) is 6.09 Å². The number of carbonyl (C=O) groups is 2. The molecule has 8 heteroatoms. The molecule has 1 aromatic carbocycles. The second kappa shape index (κ2) is 10.2. The van der Waals surface area contributed by atoms with Crippen molar-refractivity contribution in [3.8, 4) is 11.5 Å². The summed E-state index contributed by atoms with van der Waals surface area (Å²) in [6, 6.07) is 4.60. The van der Waals surface area contributed by atoms with Gasteiger partial charge in [-0.15, -0.1) is 0 Å². The molecule has 2 amide bonds. The number of carbonyl (C=O) groups excluding carboxylic acids is 2. The van der Waals surface area contributed by atoms with Crippen LogP contribution >= 0.6 is 0 Å². The first kappa shape index (κ1) is 23.6.